The molecule has 1 aromatic rings. The molecule has 2 N–H and O–H groups in total. The van der Waals surface area contributed by atoms with Crippen LogP contribution in [0.4, 0.5) is 4.39 Å². The molecule has 0 heterocycles. The number of nitrogens with one attached hydrogen (secondary N) is 1. The summed E-state index contributed by atoms with van der Waals surface area (Å²) in [5, 5.41) is 13.2. The van der Waals surface area contributed by atoms with Crippen molar-refractivity contribution in [1.82, 2.24) is 5.32 Å². The fourth-order valence-electron chi connectivity index (χ4n) is 2.06. The van der Waals surface area contributed by atoms with Crippen LogP contribution < -0.4 is 5.32 Å². The van der Waals surface area contributed by atoms with Crippen molar-refractivity contribution in [2.75, 3.05) is 6.54 Å². The van der Waals surface area contributed by atoms with E-state index >= 15 is 0 Å². The molecule has 0 spiro atoms. The van der Waals surface area contributed by atoms with Crippen LogP contribution in [0.5, 0.6) is 0 Å². The maximum atomic E-state index is 13.6. The van der Waals surface area contributed by atoms with Crippen LogP contribution in [0, 0.1) is 5.82 Å². The number of halogens is 2. The first-order valence-corrected chi connectivity index (χ1v) is 6.70. The Morgan fingerprint density at radius 1 is 1.53 bits per heavy atom. The van der Waals surface area contributed by atoms with Gasteiger partial charge in [0, 0.05) is 22.6 Å². The zero-order valence-electron chi connectivity index (χ0n) is 9.84. The van der Waals surface area contributed by atoms with Gasteiger partial charge in [-0.2, -0.15) is 0 Å². The van der Waals surface area contributed by atoms with Crippen molar-refractivity contribution in [2.45, 2.75) is 37.8 Å². The molecule has 0 aliphatic heterocycles. The van der Waals surface area contributed by atoms with Gasteiger partial charge in [0.25, 0.3) is 0 Å². The summed E-state index contributed by atoms with van der Waals surface area (Å²) in [6.45, 7) is 2.44. The van der Waals surface area contributed by atoms with E-state index in [0.29, 0.717) is 12.1 Å². The van der Waals surface area contributed by atoms with Crippen LogP contribution in [0.2, 0.25) is 0 Å². The maximum Gasteiger partial charge on any atom is 0.128 e. The van der Waals surface area contributed by atoms with Crippen LogP contribution in [-0.4, -0.2) is 17.3 Å². The van der Waals surface area contributed by atoms with E-state index in [9.17, 15) is 9.50 Å². The fraction of sp³-hybridized carbons (Fsp3) is 0.538. The Bertz CT molecular complexity index is 406. The lowest BCUT2D eigenvalue weighted by molar-refractivity contribution is -0.0329. The van der Waals surface area contributed by atoms with Crippen molar-refractivity contribution in [3.63, 3.8) is 0 Å². The number of aliphatic hydroxyl groups is 1. The lowest BCUT2D eigenvalue weighted by Crippen LogP contribution is -2.46. The van der Waals surface area contributed by atoms with E-state index in [1.807, 2.05) is 6.92 Å². The molecule has 1 aromatic carbocycles. The smallest absolute Gasteiger partial charge is 0.128 e. The van der Waals surface area contributed by atoms with Gasteiger partial charge < -0.3 is 10.4 Å². The topological polar surface area (TPSA) is 32.3 Å². The molecule has 2 rings (SSSR count). The predicted molar refractivity (Wildman–Crippen MR) is 69.3 cm³/mol. The second-order valence-electron chi connectivity index (χ2n) is 4.85. The number of hydrogen-bond donors (Lipinski definition) is 2. The van der Waals surface area contributed by atoms with E-state index in [-0.39, 0.29) is 11.9 Å². The third-order valence-electron chi connectivity index (χ3n) is 3.45. The van der Waals surface area contributed by atoms with Crippen LogP contribution in [0.15, 0.2) is 22.7 Å². The molecule has 0 bridgehead atoms. The molecular formula is C13H17BrFNO. The minimum absolute atomic E-state index is 0.0999. The molecule has 1 saturated carbocycles. The summed E-state index contributed by atoms with van der Waals surface area (Å²) in [6, 6.07) is 4.82. The molecule has 94 valence electrons. The maximum absolute atomic E-state index is 13.6. The van der Waals surface area contributed by atoms with Gasteiger partial charge in [-0.15, -0.1) is 0 Å². The summed E-state index contributed by atoms with van der Waals surface area (Å²) < 4.78 is 14.5. The zero-order valence-corrected chi connectivity index (χ0v) is 11.4. The van der Waals surface area contributed by atoms with Gasteiger partial charge in [0.1, 0.15) is 5.82 Å². The van der Waals surface area contributed by atoms with Gasteiger partial charge in [0.15, 0.2) is 0 Å². The SMILES string of the molecule is CC(NCC1(O)CCC1)c1cc(Br)ccc1F. The highest BCUT2D eigenvalue weighted by molar-refractivity contribution is 9.10. The van der Waals surface area contributed by atoms with Crippen molar-refractivity contribution in [2.24, 2.45) is 0 Å². The van der Waals surface area contributed by atoms with E-state index in [4.69, 9.17) is 0 Å². The largest absolute Gasteiger partial charge is 0.389 e. The van der Waals surface area contributed by atoms with Crippen LogP contribution in [0.1, 0.15) is 37.8 Å². The molecule has 1 aliphatic carbocycles. The lowest BCUT2D eigenvalue weighted by Gasteiger charge is -2.37. The summed E-state index contributed by atoms with van der Waals surface area (Å²) in [5.41, 5.74) is 0.0545. The van der Waals surface area contributed by atoms with E-state index in [2.05, 4.69) is 21.2 Å². The highest BCUT2D eigenvalue weighted by atomic mass is 79.9. The monoisotopic (exact) mass is 301 g/mol. The third-order valence-corrected chi connectivity index (χ3v) is 3.94. The number of rotatable bonds is 4. The Labute approximate surface area is 109 Å². The Morgan fingerprint density at radius 3 is 2.82 bits per heavy atom. The average molecular weight is 302 g/mol. The number of hydrogen-bond acceptors (Lipinski definition) is 2. The molecule has 1 fully saturated rings. The van der Waals surface area contributed by atoms with Crippen molar-refractivity contribution in [3.05, 3.63) is 34.1 Å². The van der Waals surface area contributed by atoms with Gasteiger partial charge in [0.2, 0.25) is 0 Å². The van der Waals surface area contributed by atoms with Crippen molar-refractivity contribution in [1.29, 1.82) is 0 Å². The van der Waals surface area contributed by atoms with E-state index in [0.717, 1.165) is 23.7 Å². The van der Waals surface area contributed by atoms with Crippen molar-refractivity contribution < 1.29 is 9.50 Å². The fourth-order valence-corrected chi connectivity index (χ4v) is 2.44. The van der Waals surface area contributed by atoms with E-state index in [1.54, 1.807) is 12.1 Å². The molecule has 0 saturated heterocycles. The quantitative estimate of drug-likeness (QED) is 0.895. The Balaban J connectivity index is 1.99. The summed E-state index contributed by atoms with van der Waals surface area (Å²) in [7, 11) is 0. The molecule has 0 radical (unpaired) electrons. The van der Waals surface area contributed by atoms with Gasteiger partial charge in [0.05, 0.1) is 5.60 Å². The van der Waals surface area contributed by atoms with Gasteiger partial charge in [-0.3, -0.25) is 0 Å². The Hall–Kier alpha value is -0.450. The second kappa shape index (κ2) is 5.04. The highest BCUT2D eigenvalue weighted by Crippen LogP contribution is 2.31. The first-order chi connectivity index (χ1) is 8.00. The molecule has 2 nitrogen and oxygen atoms in total. The molecule has 17 heavy (non-hydrogen) atoms. The molecule has 1 unspecified atom stereocenters. The van der Waals surface area contributed by atoms with Crippen molar-refractivity contribution >= 4 is 15.9 Å². The van der Waals surface area contributed by atoms with Gasteiger partial charge >= 0.3 is 0 Å². The molecule has 4 heteroatoms. The first kappa shape index (κ1) is 13.0. The lowest BCUT2D eigenvalue weighted by atomic mass is 9.80. The molecular weight excluding hydrogens is 285 g/mol. The Kier molecular flexibility index (Phi) is 3.85. The zero-order chi connectivity index (χ0) is 12.5. The number of benzene rings is 1. The van der Waals surface area contributed by atoms with Gasteiger partial charge in [-0.1, -0.05) is 15.9 Å². The second-order valence-corrected chi connectivity index (χ2v) is 5.76. The standard InChI is InChI=1S/C13H17BrFNO/c1-9(16-8-13(17)5-2-6-13)11-7-10(14)3-4-12(11)15/h3-4,7,9,16-17H,2,5-6,8H2,1H3. The van der Waals surface area contributed by atoms with Crippen LogP contribution >= 0.6 is 15.9 Å². The Morgan fingerprint density at radius 2 is 2.24 bits per heavy atom. The summed E-state index contributed by atoms with van der Waals surface area (Å²) in [4.78, 5) is 0. The highest BCUT2D eigenvalue weighted by Gasteiger charge is 2.34. The normalized spacial score (nSPS) is 19.8. The van der Waals surface area contributed by atoms with Crippen LogP contribution in [0.25, 0.3) is 0 Å². The molecule has 0 amide bonds. The van der Waals surface area contributed by atoms with E-state index < -0.39 is 5.60 Å². The van der Waals surface area contributed by atoms with Crippen molar-refractivity contribution in [3.8, 4) is 0 Å². The summed E-state index contributed by atoms with van der Waals surface area (Å²) >= 11 is 3.34. The van der Waals surface area contributed by atoms with Crippen LogP contribution in [0.3, 0.4) is 0 Å². The predicted octanol–water partition coefficient (Wildman–Crippen LogP) is 3.15. The third kappa shape index (κ3) is 3.06. The minimum Gasteiger partial charge on any atom is -0.389 e. The van der Waals surface area contributed by atoms with Gasteiger partial charge in [-0.05, 0) is 44.4 Å². The molecule has 1 atom stereocenters. The van der Waals surface area contributed by atoms with Gasteiger partial charge in [-0.25, -0.2) is 4.39 Å². The van der Waals surface area contributed by atoms with E-state index in [1.165, 1.54) is 6.07 Å². The first-order valence-electron chi connectivity index (χ1n) is 5.91. The van der Waals surface area contributed by atoms with Crippen LogP contribution in [-0.2, 0) is 0 Å². The summed E-state index contributed by atoms with van der Waals surface area (Å²) in [6.07, 6.45) is 2.76. The molecule has 0 aromatic heterocycles. The minimum atomic E-state index is -0.573. The molecule has 1 aliphatic rings. The summed E-state index contributed by atoms with van der Waals surface area (Å²) in [5.74, 6) is -0.214. The average Bonchev–Trinajstić information content (AvgIpc) is 2.26.